The Morgan fingerprint density at radius 2 is 1.22 bits per heavy atom. The van der Waals surface area contributed by atoms with Crippen LogP contribution in [-0.2, 0) is 19.7 Å². The van der Waals surface area contributed by atoms with Gasteiger partial charge in [0.15, 0.2) is 0 Å². The van der Waals surface area contributed by atoms with Crippen LogP contribution in [0.25, 0.3) is 21.8 Å². The molecule has 0 fully saturated rings. The molecule has 5 aromatic carbocycles. The fraction of sp³-hybridized carbons (Fsp3) is 0.304. The monoisotopic (exact) mass is 801 g/mol. The largest absolute Gasteiger partial charge is 0.497 e. The highest BCUT2D eigenvalue weighted by atomic mass is 31.2. The average molecular weight is 802 g/mol. The van der Waals surface area contributed by atoms with Gasteiger partial charge in [0.2, 0.25) is 0 Å². The van der Waals surface area contributed by atoms with Crippen molar-refractivity contribution in [3.05, 3.63) is 144 Å². The van der Waals surface area contributed by atoms with E-state index in [9.17, 15) is 10.2 Å². The van der Waals surface area contributed by atoms with Crippen molar-refractivity contribution in [2.75, 3.05) is 39.3 Å². The van der Waals surface area contributed by atoms with Gasteiger partial charge in [0.25, 0.3) is 8.53 Å². The van der Waals surface area contributed by atoms with Gasteiger partial charge in [-0.15, -0.1) is 0 Å². The lowest BCUT2D eigenvalue weighted by Gasteiger charge is -2.41. The Morgan fingerprint density at radius 3 is 1.72 bits per heavy atom. The van der Waals surface area contributed by atoms with Gasteiger partial charge >= 0.3 is 0 Å². The first-order valence-electron chi connectivity index (χ1n) is 19.4. The highest BCUT2D eigenvalue weighted by Gasteiger charge is 2.40. The molecule has 6 aromatic rings. The Bertz CT molecular complexity index is 2140. The van der Waals surface area contributed by atoms with E-state index in [2.05, 4.69) is 11.4 Å². The maximum absolute atomic E-state index is 12.1. The minimum Gasteiger partial charge on any atom is -0.497 e. The van der Waals surface area contributed by atoms with Crippen LogP contribution in [0.3, 0.4) is 0 Å². The van der Waals surface area contributed by atoms with Crippen LogP contribution in [0.5, 0.6) is 11.5 Å². The van der Waals surface area contributed by atoms with Crippen LogP contribution in [0.2, 0.25) is 0 Å². The number of nitrogens with zero attached hydrogens (tertiary/aromatic N) is 4. The molecule has 6 rings (SSSR count). The standard InChI is InChI=1S/C46H52N5O6P/c1-33(2)50(34(3)4)51(56-30-14-29-47)58(52)57-40(31-48-45-41-17-10-12-19-43(41)49-44-20-13-11-18-42(44)45)32-55-46(35-15-8-7-9-16-35,36-21-25-38(53-5)26-22-36)37-23-27-39(54-6)28-24-37/h7-13,15-28,33-34,40,52H,14,30-32H2,1-6H3,(H,48,49)/t40-,58?/m1/s1. The summed E-state index contributed by atoms with van der Waals surface area (Å²) in [5, 5.41) is 16.9. The van der Waals surface area contributed by atoms with Crippen LogP contribution in [0.1, 0.15) is 50.8 Å². The highest BCUT2D eigenvalue weighted by Crippen LogP contribution is 2.45. The van der Waals surface area contributed by atoms with E-state index < -0.39 is 20.2 Å². The third kappa shape index (κ3) is 9.58. The number of aromatic nitrogens is 1. The number of hydrazine groups is 1. The summed E-state index contributed by atoms with van der Waals surface area (Å²) in [6.07, 6.45) is -0.604. The minimum atomic E-state index is -2.42. The second kappa shape index (κ2) is 20.0. The molecule has 0 radical (unpaired) electrons. The number of ether oxygens (including phenoxy) is 3. The third-order valence-corrected chi connectivity index (χ3v) is 10.9. The molecule has 0 aliphatic carbocycles. The van der Waals surface area contributed by atoms with Gasteiger partial charge in [0.05, 0.1) is 56.6 Å². The van der Waals surface area contributed by atoms with Crippen LogP contribution < -0.4 is 14.8 Å². The number of pyridine rings is 1. The Labute approximate surface area is 342 Å². The molecule has 0 saturated carbocycles. The summed E-state index contributed by atoms with van der Waals surface area (Å²) in [4.78, 5) is 24.5. The van der Waals surface area contributed by atoms with E-state index in [-0.39, 0.29) is 38.3 Å². The molecule has 58 heavy (non-hydrogen) atoms. The molecular formula is C46H52N5O6P. The van der Waals surface area contributed by atoms with Gasteiger partial charge in [-0.3, -0.25) is 4.84 Å². The van der Waals surface area contributed by atoms with Gasteiger partial charge in [-0.2, -0.15) is 5.26 Å². The van der Waals surface area contributed by atoms with Gasteiger partial charge in [-0.25, -0.2) is 9.99 Å². The number of nitrogens with one attached hydrogen (secondary N) is 1. The first-order chi connectivity index (χ1) is 28.2. The van der Waals surface area contributed by atoms with Crippen molar-refractivity contribution in [1.82, 2.24) is 14.9 Å². The Hall–Kier alpha value is -5.15. The van der Waals surface area contributed by atoms with E-state index >= 15 is 0 Å². The Kier molecular flexibility index (Phi) is 14.6. The Morgan fingerprint density at radius 1 is 0.724 bits per heavy atom. The molecule has 11 nitrogen and oxygen atoms in total. The highest BCUT2D eigenvalue weighted by molar-refractivity contribution is 7.43. The van der Waals surface area contributed by atoms with Gasteiger partial charge in [-0.1, -0.05) is 91.0 Å². The van der Waals surface area contributed by atoms with Gasteiger partial charge < -0.3 is 28.9 Å². The maximum atomic E-state index is 12.1. The lowest BCUT2D eigenvalue weighted by molar-refractivity contribution is -0.247. The second-order valence-corrected chi connectivity index (χ2v) is 15.3. The lowest BCUT2D eigenvalue weighted by Crippen LogP contribution is -2.48. The summed E-state index contributed by atoms with van der Waals surface area (Å²) in [5.41, 5.74) is 4.07. The van der Waals surface area contributed by atoms with Crippen molar-refractivity contribution in [3.63, 3.8) is 0 Å². The Balaban J connectivity index is 1.45. The van der Waals surface area contributed by atoms with E-state index in [1.165, 1.54) is 4.94 Å². The van der Waals surface area contributed by atoms with Crippen LogP contribution >= 0.6 is 8.53 Å². The summed E-state index contributed by atoms with van der Waals surface area (Å²) < 4.78 is 25.1. The predicted molar refractivity (Wildman–Crippen MR) is 230 cm³/mol. The molecule has 0 spiro atoms. The number of nitriles is 1. The number of hydrogen-bond donors (Lipinski definition) is 2. The van der Waals surface area contributed by atoms with Crippen LogP contribution in [-0.4, -0.2) is 72.0 Å². The molecule has 12 heteroatoms. The molecule has 0 bridgehead atoms. The number of para-hydroxylation sites is 2. The van der Waals surface area contributed by atoms with Gasteiger partial charge in [-0.05, 0) is 85.7 Å². The maximum Gasteiger partial charge on any atom is 0.297 e. The summed E-state index contributed by atoms with van der Waals surface area (Å²) in [6, 6.07) is 43.8. The number of anilines is 1. The number of rotatable bonds is 20. The van der Waals surface area contributed by atoms with Crippen LogP contribution in [0, 0.1) is 11.3 Å². The molecule has 302 valence electrons. The van der Waals surface area contributed by atoms with Crippen molar-refractivity contribution in [3.8, 4) is 17.6 Å². The number of methoxy groups -OCH3 is 2. The lowest BCUT2D eigenvalue weighted by atomic mass is 9.80. The second-order valence-electron chi connectivity index (χ2n) is 14.3. The molecule has 1 aromatic heterocycles. The molecule has 2 atom stereocenters. The SMILES string of the molecule is COc1ccc(C(OC[C@@H](CNc2c3ccccc3nc3ccccc23)OP(O)N(OCCC#N)N(C(C)C)C(C)C)(c2ccccc2)c2ccc(OC)cc2)cc1. The van der Waals surface area contributed by atoms with E-state index in [0.717, 1.165) is 44.2 Å². The first-order valence-corrected chi connectivity index (χ1v) is 20.6. The first kappa shape index (κ1) is 42.5. The van der Waals surface area contributed by atoms with Crippen molar-refractivity contribution in [2.45, 2.75) is 57.9 Å². The molecule has 0 aliphatic rings. The molecule has 0 saturated heterocycles. The topological polar surface area (TPSA) is 122 Å². The smallest absolute Gasteiger partial charge is 0.297 e. The fourth-order valence-corrected chi connectivity index (χ4v) is 8.46. The normalized spacial score (nSPS) is 13.0. The summed E-state index contributed by atoms with van der Waals surface area (Å²) in [6.45, 7) is 8.41. The zero-order valence-corrected chi connectivity index (χ0v) is 34.8. The summed E-state index contributed by atoms with van der Waals surface area (Å²) in [7, 11) is 0.870. The van der Waals surface area contributed by atoms with Crippen molar-refractivity contribution < 1.29 is 28.5 Å². The summed E-state index contributed by atoms with van der Waals surface area (Å²) in [5.74, 6) is 1.43. The predicted octanol–water partition coefficient (Wildman–Crippen LogP) is 9.61. The third-order valence-electron chi connectivity index (χ3n) is 9.82. The molecule has 1 heterocycles. The number of fused-ring (bicyclic) bond motifs is 2. The van der Waals surface area contributed by atoms with Crippen LogP contribution in [0.15, 0.2) is 127 Å². The van der Waals surface area contributed by atoms with Gasteiger partial charge in [0.1, 0.15) is 23.2 Å². The summed E-state index contributed by atoms with van der Waals surface area (Å²) >= 11 is 0. The van der Waals surface area contributed by atoms with E-state index in [1.807, 2.05) is 160 Å². The number of hydrogen-bond acceptors (Lipinski definition) is 11. The molecule has 2 N–H and O–H groups in total. The number of benzene rings is 5. The van der Waals surface area contributed by atoms with E-state index in [1.54, 1.807) is 14.2 Å². The minimum absolute atomic E-state index is 0.0235. The van der Waals surface area contributed by atoms with Crippen molar-refractivity contribution in [1.29, 1.82) is 5.26 Å². The fourth-order valence-electron chi connectivity index (χ4n) is 7.21. The molecule has 1 unspecified atom stereocenters. The van der Waals surface area contributed by atoms with E-state index in [4.69, 9.17) is 28.6 Å². The van der Waals surface area contributed by atoms with Gasteiger partial charge in [0, 0.05) is 29.4 Å². The molecule has 0 aliphatic heterocycles. The molecular weight excluding hydrogens is 750 g/mol. The van der Waals surface area contributed by atoms with E-state index in [0.29, 0.717) is 11.5 Å². The quantitative estimate of drug-likeness (QED) is 0.0252. The zero-order chi connectivity index (χ0) is 41.1. The average Bonchev–Trinajstić information content (AvgIpc) is 3.25. The zero-order valence-electron chi connectivity index (χ0n) is 33.9. The van der Waals surface area contributed by atoms with Crippen molar-refractivity contribution >= 4 is 36.0 Å². The molecule has 0 amide bonds. The van der Waals surface area contributed by atoms with Crippen LogP contribution in [0.4, 0.5) is 5.69 Å². The van der Waals surface area contributed by atoms with Crippen molar-refractivity contribution in [2.24, 2.45) is 0 Å².